The largest absolute Gasteiger partial charge is 1.00 e. The van der Waals surface area contributed by atoms with Gasteiger partial charge >= 0.3 is 51.4 Å². The molecule has 0 atom stereocenters. The van der Waals surface area contributed by atoms with Gasteiger partial charge in [0, 0.05) is 5.02 Å². The second kappa shape index (κ2) is 6.17. The van der Waals surface area contributed by atoms with Crippen molar-refractivity contribution in [2.75, 3.05) is 0 Å². The standard InChI is InChI=1S/C7H6Cl2NO2S.K/c1-5-2-3-6(8)4-7(5)13(11,12)10-9;/h2-4H,1H3;/q-1;+1. The first-order chi connectivity index (χ1) is 5.97. The summed E-state index contributed by atoms with van der Waals surface area (Å²) in [6, 6.07) is 4.51. The molecule has 0 radical (unpaired) electrons. The molecule has 0 fully saturated rings. The van der Waals surface area contributed by atoms with Crippen LogP contribution in [0.3, 0.4) is 0 Å². The molecule has 72 valence electrons. The van der Waals surface area contributed by atoms with Gasteiger partial charge in [-0.05, 0) is 24.6 Å². The number of halogens is 2. The normalized spacial score (nSPS) is 10.8. The minimum atomic E-state index is -3.75. The summed E-state index contributed by atoms with van der Waals surface area (Å²) < 4.78 is 25.2. The van der Waals surface area contributed by atoms with Gasteiger partial charge in [-0.2, -0.15) is 0 Å². The van der Waals surface area contributed by atoms with Crippen molar-refractivity contribution in [1.82, 2.24) is 0 Å². The van der Waals surface area contributed by atoms with E-state index in [1.807, 2.05) is 0 Å². The number of nitrogens with zero attached hydrogens (tertiary/aromatic N) is 1. The molecule has 1 aromatic rings. The van der Waals surface area contributed by atoms with Gasteiger partial charge in [0.15, 0.2) is 0 Å². The Morgan fingerprint density at radius 1 is 1.36 bits per heavy atom. The van der Waals surface area contributed by atoms with E-state index in [0.717, 1.165) is 0 Å². The van der Waals surface area contributed by atoms with E-state index in [-0.39, 0.29) is 56.3 Å². The molecule has 0 aliphatic rings. The Balaban J connectivity index is 0.00000169. The van der Waals surface area contributed by atoms with Crippen LogP contribution in [0.1, 0.15) is 5.56 Å². The van der Waals surface area contributed by atoms with Gasteiger partial charge in [-0.3, -0.25) is 11.8 Å². The first kappa shape index (κ1) is 15.3. The summed E-state index contributed by atoms with van der Waals surface area (Å²) in [6.07, 6.45) is 0. The third-order valence-electron chi connectivity index (χ3n) is 1.52. The van der Waals surface area contributed by atoms with Crippen LogP contribution in [0.5, 0.6) is 0 Å². The molecule has 0 bridgehead atoms. The topological polar surface area (TPSA) is 48.2 Å². The van der Waals surface area contributed by atoms with Crippen molar-refractivity contribution in [3.63, 3.8) is 0 Å². The van der Waals surface area contributed by atoms with Crippen LogP contribution in [-0.2, 0) is 10.0 Å². The fraction of sp³-hybridized carbons (Fsp3) is 0.143. The maximum Gasteiger partial charge on any atom is 1.00 e. The smallest absolute Gasteiger partial charge is 0.458 e. The molecule has 0 saturated carbocycles. The van der Waals surface area contributed by atoms with Crippen LogP contribution >= 0.6 is 23.4 Å². The molecule has 0 heterocycles. The van der Waals surface area contributed by atoms with Crippen molar-refractivity contribution in [3.05, 3.63) is 33.0 Å². The van der Waals surface area contributed by atoms with Gasteiger partial charge in [0.1, 0.15) is 10.0 Å². The maximum absolute atomic E-state index is 11.2. The molecule has 0 aromatic heterocycles. The summed E-state index contributed by atoms with van der Waals surface area (Å²) in [5.41, 5.74) is 0.564. The molecule has 1 aromatic carbocycles. The predicted octanol–water partition coefficient (Wildman–Crippen LogP) is -0.131. The van der Waals surface area contributed by atoms with Crippen LogP contribution in [0, 0.1) is 6.92 Å². The van der Waals surface area contributed by atoms with Crippen LogP contribution < -0.4 is 51.4 Å². The van der Waals surface area contributed by atoms with Crippen LogP contribution in [0.25, 0.3) is 4.24 Å². The third-order valence-corrected chi connectivity index (χ3v) is 3.48. The van der Waals surface area contributed by atoms with E-state index in [4.69, 9.17) is 23.4 Å². The minimum absolute atomic E-state index is 0. The summed E-state index contributed by atoms with van der Waals surface area (Å²) in [6.45, 7) is 1.64. The first-order valence-corrected chi connectivity index (χ1v) is 5.47. The average Bonchev–Trinajstić information content (AvgIpc) is 2.09. The molecule has 0 amide bonds. The van der Waals surface area contributed by atoms with Crippen LogP contribution in [0.2, 0.25) is 5.02 Å². The zero-order valence-corrected chi connectivity index (χ0v) is 13.1. The van der Waals surface area contributed by atoms with Crippen molar-refractivity contribution in [1.29, 1.82) is 0 Å². The van der Waals surface area contributed by atoms with E-state index >= 15 is 0 Å². The fourth-order valence-corrected chi connectivity index (χ4v) is 2.17. The summed E-state index contributed by atoms with van der Waals surface area (Å²) in [5, 5.41) is 0.337. The summed E-state index contributed by atoms with van der Waals surface area (Å²) in [7, 11) is -3.75. The van der Waals surface area contributed by atoms with Crippen LogP contribution in [-0.4, -0.2) is 8.42 Å². The molecule has 0 unspecified atom stereocenters. The number of benzene rings is 1. The van der Waals surface area contributed by atoms with Gasteiger partial charge in [-0.25, -0.2) is 8.42 Å². The zero-order chi connectivity index (χ0) is 10.1. The zero-order valence-electron chi connectivity index (χ0n) is 7.66. The Bertz CT molecular complexity index is 422. The first-order valence-electron chi connectivity index (χ1n) is 3.32. The monoisotopic (exact) mass is 277 g/mol. The van der Waals surface area contributed by atoms with Gasteiger partial charge in [0.2, 0.25) is 0 Å². The second-order valence-corrected chi connectivity index (χ2v) is 4.83. The van der Waals surface area contributed by atoms with E-state index < -0.39 is 10.0 Å². The van der Waals surface area contributed by atoms with Crippen molar-refractivity contribution in [2.45, 2.75) is 11.8 Å². The molecule has 7 heteroatoms. The molecule has 0 aliphatic heterocycles. The van der Waals surface area contributed by atoms with E-state index in [1.165, 1.54) is 6.07 Å². The van der Waals surface area contributed by atoms with E-state index in [0.29, 0.717) is 10.6 Å². The second-order valence-electron chi connectivity index (χ2n) is 2.45. The number of aryl methyl sites for hydroxylation is 1. The number of hydrogen-bond acceptors (Lipinski definition) is 2. The Hall–Kier alpha value is 1.35. The molecule has 14 heavy (non-hydrogen) atoms. The van der Waals surface area contributed by atoms with Crippen molar-refractivity contribution < 1.29 is 59.8 Å². The van der Waals surface area contributed by atoms with Crippen LogP contribution in [0.4, 0.5) is 0 Å². The van der Waals surface area contributed by atoms with Gasteiger partial charge in [-0.1, -0.05) is 17.7 Å². The molecule has 1 rings (SSSR count). The van der Waals surface area contributed by atoms with Gasteiger partial charge in [-0.15, -0.1) is 0 Å². The van der Waals surface area contributed by atoms with Gasteiger partial charge < -0.3 is 4.24 Å². The summed E-state index contributed by atoms with van der Waals surface area (Å²) in [5.74, 6) is 0. The van der Waals surface area contributed by atoms with Crippen molar-refractivity contribution in [2.24, 2.45) is 0 Å². The van der Waals surface area contributed by atoms with E-state index in [2.05, 4.69) is 4.24 Å². The van der Waals surface area contributed by atoms with E-state index in [1.54, 1.807) is 19.1 Å². The Morgan fingerprint density at radius 3 is 2.43 bits per heavy atom. The van der Waals surface area contributed by atoms with Gasteiger partial charge in [0.05, 0.1) is 4.90 Å². The quantitative estimate of drug-likeness (QED) is 0.707. The average molecular weight is 278 g/mol. The molecular formula is C7H6Cl2KNO2S. The Labute approximate surface area is 136 Å². The number of hydrogen-bond donors (Lipinski definition) is 0. The van der Waals surface area contributed by atoms with Gasteiger partial charge in [0.25, 0.3) is 0 Å². The molecule has 0 aliphatic carbocycles. The minimum Gasteiger partial charge on any atom is -0.458 e. The molecule has 0 spiro atoms. The predicted molar refractivity (Wildman–Crippen MR) is 52.6 cm³/mol. The molecule has 3 nitrogen and oxygen atoms in total. The summed E-state index contributed by atoms with van der Waals surface area (Å²) >= 11 is 10.6. The van der Waals surface area contributed by atoms with E-state index in [9.17, 15) is 8.42 Å². The SMILES string of the molecule is Cc1ccc(Cl)cc1S(=O)(=O)[N-]Cl.[K+]. The maximum atomic E-state index is 11.2. The molecular weight excluding hydrogens is 272 g/mol. The number of rotatable bonds is 2. The van der Waals surface area contributed by atoms with Crippen molar-refractivity contribution >= 4 is 33.4 Å². The fourth-order valence-electron chi connectivity index (χ4n) is 0.889. The molecule has 0 saturated heterocycles. The number of sulfonamides is 1. The Kier molecular flexibility index (Phi) is 6.77. The third kappa shape index (κ3) is 3.73. The van der Waals surface area contributed by atoms with Crippen molar-refractivity contribution in [3.8, 4) is 0 Å². The Morgan fingerprint density at radius 2 is 1.93 bits per heavy atom. The van der Waals surface area contributed by atoms with Crippen LogP contribution in [0.15, 0.2) is 23.1 Å². The summed E-state index contributed by atoms with van der Waals surface area (Å²) in [4.78, 5) is 0.0370. The molecule has 0 N–H and O–H groups in total.